The van der Waals surface area contributed by atoms with Crippen molar-refractivity contribution in [1.82, 2.24) is 4.90 Å². The molecule has 0 unspecified atom stereocenters. The standard InChI is InChI=1S/C25H21Br2NO5/c26-22-16-10-17(23(22)27)21-20(16)24(31)28(25(21)32)11-19(30)33-12-18(29)15-8-6-14(7-9-15)13-4-2-1-3-5-13/h1-9,16-17,20-23H,10-12H2/t16-,17+,20-,21-,22+,23-/m0/s1. The van der Waals surface area contributed by atoms with E-state index in [0.717, 1.165) is 22.4 Å². The number of Topliss-reactive ketones (excluding diaryl/α,β-unsaturated/α-hetero) is 1. The molecule has 1 saturated heterocycles. The second-order valence-electron chi connectivity index (χ2n) is 8.79. The van der Waals surface area contributed by atoms with E-state index in [4.69, 9.17) is 4.74 Å². The first-order valence-electron chi connectivity index (χ1n) is 10.8. The van der Waals surface area contributed by atoms with Crippen molar-refractivity contribution in [2.75, 3.05) is 13.2 Å². The largest absolute Gasteiger partial charge is 0.456 e. The number of ketones is 1. The molecule has 2 bridgehead atoms. The minimum absolute atomic E-state index is 0.0854. The van der Waals surface area contributed by atoms with Gasteiger partial charge in [0.2, 0.25) is 11.8 Å². The predicted octanol–water partition coefficient (Wildman–Crippen LogP) is 3.86. The summed E-state index contributed by atoms with van der Waals surface area (Å²) >= 11 is 7.28. The number of nitrogens with zero attached hydrogens (tertiary/aromatic N) is 1. The van der Waals surface area contributed by atoms with Crippen molar-refractivity contribution < 1.29 is 23.9 Å². The van der Waals surface area contributed by atoms with Crippen LogP contribution in [0.2, 0.25) is 0 Å². The third kappa shape index (κ3) is 3.87. The van der Waals surface area contributed by atoms with Gasteiger partial charge in [0, 0.05) is 15.2 Å². The summed E-state index contributed by atoms with van der Waals surface area (Å²) in [4.78, 5) is 51.9. The first-order chi connectivity index (χ1) is 15.9. The summed E-state index contributed by atoms with van der Waals surface area (Å²) in [6, 6.07) is 16.8. The first kappa shape index (κ1) is 22.5. The molecule has 1 heterocycles. The lowest BCUT2D eigenvalue weighted by atomic mass is 9.81. The quantitative estimate of drug-likeness (QED) is 0.226. The molecule has 33 heavy (non-hydrogen) atoms. The number of carbonyl (C=O) groups is 4. The number of fused-ring (bicyclic) bond motifs is 5. The van der Waals surface area contributed by atoms with Crippen LogP contribution in [0.3, 0.4) is 0 Å². The Labute approximate surface area is 207 Å². The van der Waals surface area contributed by atoms with E-state index in [1.54, 1.807) is 12.1 Å². The molecule has 2 aromatic carbocycles. The van der Waals surface area contributed by atoms with Crippen LogP contribution in [0.1, 0.15) is 16.8 Å². The Morgan fingerprint density at radius 3 is 1.97 bits per heavy atom. The number of likely N-dealkylation sites (tertiary alicyclic amines) is 1. The lowest BCUT2D eigenvalue weighted by Gasteiger charge is -2.28. The number of benzene rings is 2. The molecule has 3 fully saturated rings. The molecule has 2 saturated carbocycles. The van der Waals surface area contributed by atoms with Crippen molar-refractivity contribution in [1.29, 1.82) is 0 Å². The number of esters is 1. The fourth-order valence-corrected chi connectivity index (χ4v) is 7.32. The van der Waals surface area contributed by atoms with Gasteiger partial charge in [-0.05, 0) is 29.4 Å². The van der Waals surface area contributed by atoms with Crippen LogP contribution < -0.4 is 0 Å². The van der Waals surface area contributed by atoms with E-state index in [-0.39, 0.29) is 50.9 Å². The summed E-state index contributed by atoms with van der Waals surface area (Å²) in [5, 5.41) is 0. The highest BCUT2D eigenvalue weighted by Crippen LogP contribution is 2.60. The Bertz CT molecular complexity index is 1090. The average Bonchev–Trinajstić information content (AvgIpc) is 3.44. The van der Waals surface area contributed by atoms with Crippen LogP contribution in [0.4, 0.5) is 0 Å². The zero-order valence-electron chi connectivity index (χ0n) is 17.5. The zero-order chi connectivity index (χ0) is 23.3. The van der Waals surface area contributed by atoms with Gasteiger partial charge in [-0.15, -0.1) is 0 Å². The maximum absolute atomic E-state index is 12.9. The SMILES string of the molecule is O=C(CN1C(=O)[C@H]2[C@@H]3C[C@@H]([C@H](Br)[C@@H]3Br)[C@@H]2C1=O)OCC(=O)c1ccc(-c2ccccc2)cc1. The second-order valence-corrected chi connectivity index (χ2v) is 10.9. The maximum Gasteiger partial charge on any atom is 0.326 e. The molecule has 0 aromatic heterocycles. The minimum Gasteiger partial charge on any atom is -0.456 e. The van der Waals surface area contributed by atoms with Gasteiger partial charge in [0.15, 0.2) is 12.4 Å². The van der Waals surface area contributed by atoms with Crippen molar-refractivity contribution in [3.8, 4) is 11.1 Å². The number of imide groups is 1. The molecule has 2 amide bonds. The molecule has 6 atom stereocenters. The third-order valence-electron chi connectivity index (χ3n) is 7.04. The van der Waals surface area contributed by atoms with Crippen LogP contribution in [0.15, 0.2) is 54.6 Å². The van der Waals surface area contributed by atoms with Crippen molar-refractivity contribution in [2.45, 2.75) is 16.1 Å². The number of ether oxygens (including phenoxy) is 1. The van der Waals surface area contributed by atoms with Crippen LogP contribution in [0, 0.1) is 23.7 Å². The molecule has 8 heteroatoms. The number of rotatable bonds is 6. The molecular weight excluding hydrogens is 554 g/mol. The Kier molecular flexibility index (Phi) is 5.99. The lowest BCUT2D eigenvalue weighted by molar-refractivity contribution is -0.152. The van der Waals surface area contributed by atoms with Gasteiger partial charge in [-0.25, -0.2) is 0 Å². The normalized spacial score (nSPS) is 29.9. The van der Waals surface area contributed by atoms with Gasteiger partial charge in [-0.2, -0.15) is 0 Å². The first-order valence-corrected chi connectivity index (χ1v) is 12.7. The van der Waals surface area contributed by atoms with Crippen molar-refractivity contribution in [2.24, 2.45) is 23.7 Å². The van der Waals surface area contributed by atoms with Crippen LogP contribution in [0.25, 0.3) is 11.1 Å². The predicted molar refractivity (Wildman–Crippen MR) is 128 cm³/mol. The molecule has 6 nitrogen and oxygen atoms in total. The fraction of sp³-hybridized carbons (Fsp3) is 0.360. The van der Waals surface area contributed by atoms with E-state index >= 15 is 0 Å². The van der Waals surface area contributed by atoms with Crippen LogP contribution >= 0.6 is 31.9 Å². The molecular formula is C25H21Br2NO5. The summed E-state index contributed by atoms with van der Waals surface area (Å²) < 4.78 is 5.11. The molecule has 170 valence electrons. The summed E-state index contributed by atoms with van der Waals surface area (Å²) in [7, 11) is 0. The number of amides is 2. The molecule has 1 aliphatic heterocycles. The maximum atomic E-state index is 12.9. The van der Waals surface area contributed by atoms with Gasteiger partial charge in [0.1, 0.15) is 6.54 Å². The van der Waals surface area contributed by atoms with Crippen LogP contribution in [-0.2, 0) is 19.1 Å². The van der Waals surface area contributed by atoms with Crippen molar-refractivity contribution >= 4 is 55.4 Å². The minimum atomic E-state index is -0.760. The van der Waals surface area contributed by atoms with E-state index in [1.807, 2.05) is 42.5 Å². The van der Waals surface area contributed by atoms with Crippen molar-refractivity contribution in [3.05, 3.63) is 60.2 Å². The molecule has 0 radical (unpaired) electrons. The number of hydrogen-bond acceptors (Lipinski definition) is 5. The Balaban J connectivity index is 1.17. The van der Waals surface area contributed by atoms with Gasteiger partial charge in [0.05, 0.1) is 11.8 Å². The highest BCUT2D eigenvalue weighted by atomic mass is 79.9. The summed E-state index contributed by atoms with van der Waals surface area (Å²) in [6.45, 7) is -0.894. The second kappa shape index (κ2) is 8.80. The molecule has 5 rings (SSSR count). The van der Waals surface area contributed by atoms with Gasteiger partial charge in [0.25, 0.3) is 0 Å². The summed E-state index contributed by atoms with van der Waals surface area (Å²) in [5.74, 6) is -2.30. The summed E-state index contributed by atoms with van der Waals surface area (Å²) in [5.41, 5.74) is 2.44. The third-order valence-corrected chi connectivity index (χ3v) is 10.3. The van der Waals surface area contributed by atoms with Gasteiger partial charge in [-0.1, -0.05) is 86.5 Å². The van der Waals surface area contributed by atoms with E-state index < -0.39 is 19.1 Å². The highest BCUT2D eigenvalue weighted by molar-refractivity contribution is 9.12. The number of alkyl halides is 2. The average molecular weight is 575 g/mol. The molecule has 2 aliphatic carbocycles. The number of carbonyl (C=O) groups excluding carboxylic acids is 4. The number of hydrogen-bond donors (Lipinski definition) is 0. The van der Waals surface area contributed by atoms with Gasteiger partial charge in [-0.3, -0.25) is 24.1 Å². The fourth-order valence-electron chi connectivity index (χ4n) is 5.45. The van der Waals surface area contributed by atoms with E-state index in [1.165, 1.54) is 0 Å². The Hall–Kier alpha value is -2.32. The topological polar surface area (TPSA) is 80.8 Å². The Morgan fingerprint density at radius 2 is 1.39 bits per heavy atom. The molecule has 0 spiro atoms. The van der Waals surface area contributed by atoms with Crippen molar-refractivity contribution in [3.63, 3.8) is 0 Å². The monoisotopic (exact) mass is 573 g/mol. The van der Waals surface area contributed by atoms with Crippen LogP contribution in [-0.4, -0.2) is 51.3 Å². The summed E-state index contributed by atoms with van der Waals surface area (Å²) in [6.07, 6.45) is 0.828. The van der Waals surface area contributed by atoms with Gasteiger partial charge < -0.3 is 4.74 Å². The van der Waals surface area contributed by atoms with E-state index in [0.29, 0.717) is 5.56 Å². The Morgan fingerprint density at radius 1 is 0.848 bits per heavy atom. The van der Waals surface area contributed by atoms with Crippen LogP contribution in [0.5, 0.6) is 0 Å². The molecule has 2 aromatic rings. The van der Waals surface area contributed by atoms with E-state index in [9.17, 15) is 19.2 Å². The highest BCUT2D eigenvalue weighted by Gasteiger charge is 2.66. The zero-order valence-corrected chi connectivity index (χ0v) is 20.7. The molecule has 0 N–H and O–H groups in total. The smallest absolute Gasteiger partial charge is 0.326 e. The van der Waals surface area contributed by atoms with E-state index in [2.05, 4.69) is 31.9 Å². The molecule has 3 aliphatic rings. The van der Waals surface area contributed by atoms with Gasteiger partial charge >= 0.3 is 5.97 Å². The lowest BCUT2D eigenvalue weighted by Crippen LogP contribution is -2.38. The number of halogens is 2.